The number of hydrogen-bond acceptors (Lipinski definition) is 5. The molecule has 1 amide bonds. The molecule has 2 N–H and O–H groups in total. The third-order valence-corrected chi connectivity index (χ3v) is 8.76. The van der Waals surface area contributed by atoms with E-state index in [1.807, 2.05) is 97.1 Å². The predicted octanol–water partition coefficient (Wildman–Crippen LogP) is 8.24. The van der Waals surface area contributed by atoms with Crippen molar-refractivity contribution in [2.75, 3.05) is 19.8 Å². The molecule has 0 bridgehead atoms. The minimum atomic E-state index is -1.31. The molecule has 1 heterocycles. The van der Waals surface area contributed by atoms with Crippen LogP contribution in [0.3, 0.4) is 0 Å². The van der Waals surface area contributed by atoms with Gasteiger partial charge in [-0.1, -0.05) is 106 Å². The summed E-state index contributed by atoms with van der Waals surface area (Å²) in [6, 6.07) is 30.4. The second kappa shape index (κ2) is 15.6. The fourth-order valence-corrected chi connectivity index (χ4v) is 6.10. The molecule has 0 spiro atoms. The standard InChI is InChI=1S/C36H33BrCl2N2O4/c37-31-12-5-4-11-30(31)33-36(20-6-10-25-8-2-1-3-9-25,35(43)40-21-19-26-13-16-28(38)24-32(26)39)41-34(45-33)27-14-17-29(18-15-27)44-23-7-22-42/h1-6,8-18,24,33,42H,7,19-23H2,(H,40,43)/b10-6+/t33-,36-/m1/s1. The summed E-state index contributed by atoms with van der Waals surface area (Å²) in [5.74, 6) is 0.774. The summed E-state index contributed by atoms with van der Waals surface area (Å²) in [4.78, 5) is 19.4. The minimum Gasteiger partial charge on any atom is -0.494 e. The smallest absolute Gasteiger partial charge is 0.252 e. The number of halogens is 3. The number of amides is 1. The Morgan fingerprint density at radius 2 is 1.78 bits per heavy atom. The van der Waals surface area contributed by atoms with Gasteiger partial charge in [-0.05, 0) is 60.0 Å². The van der Waals surface area contributed by atoms with Gasteiger partial charge in [0.2, 0.25) is 5.90 Å². The second-order valence-electron chi connectivity index (χ2n) is 10.6. The largest absolute Gasteiger partial charge is 0.494 e. The van der Waals surface area contributed by atoms with Gasteiger partial charge in [0, 0.05) is 51.6 Å². The lowest BCUT2D eigenvalue weighted by Gasteiger charge is -2.30. The van der Waals surface area contributed by atoms with Crippen LogP contribution in [0.2, 0.25) is 10.0 Å². The van der Waals surface area contributed by atoms with E-state index in [0.717, 1.165) is 26.7 Å². The molecule has 1 aliphatic rings. The van der Waals surface area contributed by atoms with Crippen molar-refractivity contribution in [2.45, 2.75) is 30.9 Å². The molecule has 0 unspecified atom stereocenters. The fourth-order valence-electron chi connectivity index (χ4n) is 5.11. The summed E-state index contributed by atoms with van der Waals surface area (Å²) in [5.41, 5.74) is 2.11. The molecule has 0 fully saturated rings. The number of aliphatic hydroxyl groups excluding tert-OH is 1. The maximum absolute atomic E-state index is 14.4. The first-order valence-electron chi connectivity index (χ1n) is 14.7. The minimum absolute atomic E-state index is 0.0643. The Morgan fingerprint density at radius 1 is 1.02 bits per heavy atom. The third-order valence-electron chi connectivity index (χ3n) is 7.45. The molecule has 6 nitrogen and oxygen atoms in total. The molecule has 0 saturated carbocycles. The molecular weight excluding hydrogens is 675 g/mol. The van der Waals surface area contributed by atoms with Gasteiger partial charge in [0.15, 0.2) is 11.6 Å². The van der Waals surface area contributed by atoms with Gasteiger partial charge in [0.1, 0.15) is 5.75 Å². The van der Waals surface area contributed by atoms with Crippen LogP contribution in [0.1, 0.15) is 41.2 Å². The summed E-state index contributed by atoms with van der Waals surface area (Å²) in [7, 11) is 0. The van der Waals surface area contributed by atoms with Crippen LogP contribution < -0.4 is 10.1 Å². The average molecular weight is 708 g/mol. The van der Waals surface area contributed by atoms with Crippen molar-refractivity contribution < 1.29 is 19.4 Å². The number of nitrogens with one attached hydrogen (secondary N) is 1. The van der Waals surface area contributed by atoms with E-state index in [0.29, 0.717) is 47.7 Å². The van der Waals surface area contributed by atoms with Gasteiger partial charge in [0.05, 0.1) is 6.61 Å². The molecule has 1 aliphatic heterocycles. The van der Waals surface area contributed by atoms with Crippen molar-refractivity contribution in [1.82, 2.24) is 5.32 Å². The van der Waals surface area contributed by atoms with Crippen molar-refractivity contribution in [3.8, 4) is 5.75 Å². The van der Waals surface area contributed by atoms with E-state index in [1.165, 1.54) is 0 Å². The number of rotatable bonds is 13. The van der Waals surface area contributed by atoms with E-state index >= 15 is 0 Å². The molecule has 4 aromatic rings. The van der Waals surface area contributed by atoms with Crippen LogP contribution in [0, 0.1) is 0 Å². The van der Waals surface area contributed by atoms with Gasteiger partial charge >= 0.3 is 0 Å². The Morgan fingerprint density at radius 3 is 2.51 bits per heavy atom. The summed E-state index contributed by atoms with van der Waals surface area (Å²) < 4.78 is 13.1. The Bertz CT molecular complexity index is 1660. The van der Waals surface area contributed by atoms with E-state index in [-0.39, 0.29) is 18.9 Å². The molecule has 45 heavy (non-hydrogen) atoms. The zero-order chi connectivity index (χ0) is 31.6. The average Bonchev–Trinajstić information content (AvgIpc) is 3.43. The number of nitrogens with zero attached hydrogens (tertiary/aromatic N) is 1. The first-order valence-corrected chi connectivity index (χ1v) is 16.2. The van der Waals surface area contributed by atoms with Crippen molar-refractivity contribution in [3.05, 3.63) is 140 Å². The van der Waals surface area contributed by atoms with E-state index < -0.39 is 11.6 Å². The highest BCUT2D eigenvalue weighted by atomic mass is 79.9. The van der Waals surface area contributed by atoms with Gasteiger partial charge in [-0.3, -0.25) is 4.79 Å². The van der Waals surface area contributed by atoms with Crippen molar-refractivity contribution >= 4 is 57.0 Å². The molecule has 4 aromatic carbocycles. The number of carbonyl (C=O) groups is 1. The molecular formula is C36H33BrCl2N2O4. The van der Waals surface area contributed by atoms with Crippen LogP contribution in [-0.4, -0.2) is 42.2 Å². The first kappa shape index (κ1) is 32.8. The lowest BCUT2D eigenvalue weighted by Crippen LogP contribution is -2.48. The highest BCUT2D eigenvalue weighted by molar-refractivity contribution is 9.10. The predicted molar refractivity (Wildman–Crippen MR) is 184 cm³/mol. The van der Waals surface area contributed by atoms with E-state index in [9.17, 15) is 4.79 Å². The van der Waals surface area contributed by atoms with Crippen LogP contribution in [-0.2, 0) is 16.0 Å². The molecule has 0 radical (unpaired) electrons. The number of aliphatic imine (C=N–C) groups is 1. The first-order chi connectivity index (χ1) is 21.9. The van der Waals surface area contributed by atoms with Crippen LogP contribution >= 0.6 is 39.1 Å². The van der Waals surface area contributed by atoms with Gasteiger partial charge < -0.3 is 19.9 Å². The Balaban J connectivity index is 1.49. The third kappa shape index (κ3) is 8.16. The summed E-state index contributed by atoms with van der Waals surface area (Å²) in [6.07, 6.45) is 4.60. The summed E-state index contributed by atoms with van der Waals surface area (Å²) in [6.45, 7) is 0.822. The molecule has 232 valence electrons. The van der Waals surface area contributed by atoms with Crippen LogP contribution in [0.5, 0.6) is 5.75 Å². The van der Waals surface area contributed by atoms with Crippen molar-refractivity contribution in [1.29, 1.82) is 0 Å². The molecule has 0 aliphatic carbocycles. The quantitative estimate of drug-likeness (QED) is 0.137. The SMILES string of the molecule is O=C(NCCc1ccc(Cl)cc1Cl)[C@]1(C/C=C/c2ccccc2)N=C(c2ccc(OCCCO)cc2)O[C@@H]1c1ccccc1Br. The van der Waals surface area contributed by atoms with Crippen molar-refractivity contribution in [3.63, 3.8) is 0 Å². The maximum Gasteiger partial charge on any atom is 0.252 e. The van der Waals surface area contributed by atoms with E-state index in [1.54, 1.807) is 12.1 Å². The maximum atomic E-state index is 14.4. The molecule has 0 aromatic heterocycles. The van der Waals surface area contributed by atoms with Gasteiger partial charge in [0.25, 0.3) is 5.91 Å². The lowest BCUT2D eigenvalue weighted by molar-refractivity contribution is -0.128. The Labute approximate surface area is 281 Å². The van der Waals surface area contributed by atoms with Crippen LogP contribution in [0.15, 0.2) is 113 Å². The molecule has 5 rings (SSSR count). The molecule has 2 atom stereocenters. The summed E-state index contributed by atoms with van der Waals surface area (Å²) in [5, 5.41) is 13.3. The van der Waals surface area contributed by atoms with Crippen LogP contribution in [0.25, 0.3) is 6.08 Å². The highest BCUT2D eigenvalue weighted by Crippen LogP contribution is 2.45. The zero-order valence-corrected chi connectivity index (χ0v) is 27.6. The number of ether oxygens (including phenoxy) is 2. The van der Waals surface area contributed by atoms with Crippen molar-refractivity contribution in [2.24, 2.45) is 4.99 Å². The van der Waals surface area contributed by atoms with Gasteiger partial charge in [-0.15, -0.1) is 0 Å². The number of aliphatic hydroxyl groups is 1. The van der Waals surface area contributed by atoms with Gasteiger partial charge in [-0.25, -0.2) is 4.99 Å². The number of carbonyl (C=O) groups excluding carboxylic acids is 1. The molecule has 0 saturated heterocycles. The van der Waals surface area contributed by atoms with E-state index in [4.69, 9.17) is 42.8 Å². The van der Waals surface area contributed by atoms with Gasteiger partial charge in [-0.2, -0.15) is 0 Å². The second-order valence-corrected chi connectivity index (χ2v) is 12.3. The lowest BCUT2D eigenvalue weighted by atomic mass is 9.84. The van der Waals surface area contributed by atoms with Crippen LogP contribution in [0.4, 0.5) is 0 Å². The normalized spacial score (nSPS) is 17.6. The Kier molecular flexibility index (Phi) is 11.3. The summed E-state index contributed by atoms with van der Waals surface area (Å²) >= 11 is 16.2. The zero-order valence-electron chi connectivity index (χ0n) is 24.5. The Hall–Kier alpha value is -3.62. The number of hydrogen-bond donors (Lipinski definition) is 2. The van der Waals surface area contributed by atoms with E-state index in [2.05, 4.69) is 21.2 Å². The highest BCUT2D eigenvalue weighted by Gasteiger charge is 2.53. The topological polar surface area (TPSA) is 80.2 Å². The monoisotopic (exact) mass is 706 g/mol. The fraction of sp³-hybridized carbons (Fsp3) is 0.222. The molecule has 9 heteroatoms. The number of benzene rings is 4.